The summed E-state index contributed by atoms with van der Waals surface area (Å²) in [6.45, 7) is 0.696. The van der Waals surface area contributed by atoms with Gasteiger partial charge in [-0.05, 0) is 42.7 Å². The average Bonchev–Trinajstić information content (AvgIpc) is 2.67. The monoisotopic (exact) mass is 439 g/mol. The van der Waals surface area contributed by atoms with Crippen molar-refractivity contribution in [3.63, 3.8) is 0 Å². The lowest BCUT2D eigenvalue weighted by molar-refractivity contribution is 0.279. The van der Waals surface area contributed by atoms with Crippen molar-refractivity contribution < 1.29 is 13.9 Å². The van der Waals surface area contributed by atoms with Crippen molar-refractivity contribution in [2.24, 2.45) is 0 Å². The minimum atomic E-state index is -0.410. The average molecular weight is 440 g/mol. The highest BCUT2D eigenvalue weighted by atomic mass is 35.5. The number of hydrogen-bond donors (Lipinski definition) is 1. The summed E-state index contributed by atoms with van der Waals surface area (Å²) in [4.78, 5) is 0. The minimum absolute atomic E-state index is 0.0265. The largest absolute Gasteiger partial charge is 0.493 e. The summed E-state index contributed by atoms with van der Waals surface area (Å²) in [5, 5.41) is 4.41. The number of halogens is 3. The Balaban J connectivity index is 1.67. The number of ether oxygens (including phenoxy) is 2. The van der Waals surface area contributed by atoms with Gasteiger partial charge in [-0.1, -0.05) is 61.4 Å². The van der Waals surface area contributed by atoms with Crippen LogP contribution in [0.5, 0.6) is 11.5 Å². The van der Waals surface area contributed by atoms with Gasteiger partial charge in [0.25, 0.3) is 0 Å². The Morgan fingerprint density at radius 2 is 1.76 bits per heavy atom. The Morgan fingerprint density at radius 1 is 1.03 bits per heavy atom. The summed E-state index contributed by atoms with van der Waals surface area (Å²) >= 11 is 12.5. The molecule has 0 unspecified atom stereocenters. The van der Waals surface area contributed by atoms with E-state index in [1.807, 2.05) is 12.1 Å². The molecule has 0 atom stereocenters. The third kappa shape index (κ3) is 6.24. The number of hydrogen-bond acceptors (Lipinski definition) is 3. The highest BCUT2D eigenvalue weighted by molar-refractivity contribution is 6.32. The third-order valence-electron chi connectivity index (χ3n) is 5.41. The quantitative estimate of drug-likeness (QED) is 0.507. The van der Waals surface area contributed by atoms with Crippen LogP contribution < -0.4 is 14.8 Å². The second-order valence-corrected chi connectivity index (χ2v) is 8.34. The molecule has 0 radical (unpaired) electrons. The van der Waals surface area contributed by atoms with Gasteiger partial charge in [0.15, 0.2) is 11.5 Å². The Bertz CT molecular complexity index is 787. The molecule has 1 N–H and O–H groups in total. The summed E-state index contributed by atoms with van der Waals surface area (Å²) < 4.78 is 25.3. The van der Waals surface area contributed by atoms with Crippen molar-refractivity contribution in [1.29, 1.82) is 0 Å². The molecular formula is C23H28Cl2FNO2. The van der Waals surface area contributed by atoms with Crippen molar-refractivity contribution in [2.75, 3.05) is 7.11 Å². The Labute approximate surface area is 182 Å². The number of rotatable bonds is 7. The molecule has 1 fully saturated rings. The third-order valence-corrected chi connectivity index (χ3v) is 6.05. The van der Waals surface area contributed by atoms with E-state index in [0.29, 0.717) is 33.1 Å². The number of benzene rings is 2. The summed E-state index contributed by atoms with van der Waals surface area (Å²) in [6, 6.07) is 8.88. The van der Waals surface area contributed by atoms with Gasteiger partial charge in [-0.15, -0.1) is 0 Å². The first-order valence-corrected chi connectivity index (χ1v) is 11.0. The molecule has 3 rings (SSSR count). The van der Waals surface area contributed by atoms with E-state index in [9.17, 15) is 4.39 Å². The maximum absolute atomic E-state index is 14.0. The lowest BCUT2D eigenvalue weighted by atomic mass is 9.96. The van der Waals surface area contributed by atoms with Gasteiger partial charge in [-0.3, -0.25) is 0 Å². The van der Waals surface area contributed by atoms with Crippen molar-refractivity contribution in [3.05, 3.63) is 57.3 Å². The van der Waals surface area contributed by atoms with Crippen LogP contribution in [0, 0.1) is 5.82 Å². The van der Waals surface area contributed by atoms with Gasteiger partial charge >= 0.3 is 0 Å². The molecule has 29 heavy (non-hydrogen) atoms. The van der Waals surface area contributed by atoms with E-state index in [-0.39, 0.29) is 6.61 Å². The van der Waals surface area contributed by atoms with E-state index in [1.165, 1.54) is 51.0 Å². The van der Waals surface area contributed by atoms with Crippen LogP contribution in [0.4, 0.5) is 4.39 Å². The van der Waals surface area contributed by atoms with E-state index in [4.69, 9.17) is 32.7 Å². The van der Waals surface area contributed by atoms with Crippen LogP contribution in [0.15, 0.2) is 30.3 Å². The van der Waals surface area contributed by atoms with Gasteiger partial charge in [0, 0.05) is 18.2 Å². The molecule has 0 saturated heterocycles. The fraction of sp³-hybridized carbons (Fsp3) is 0.478. The molecule has 2 aromatic carbocycles. The molecule has 0 aromatic heterocycles. The van der Waals surface area contributed by atoms with Gasteiger partial charge in [0.2, 0.25) is 0 Å². The van der Waals surface area contributed by atoms with E-state index < -0.39 is 5.82 Å². The van der Waals surface area contributed by atoms with Gasteiger partial charge in [-0.2, -0.15) is 0 Å². The molecule has 0 spiro atoms. The topological polar surface area (TPSA) is 30.5 Å². The number of nitrogens with one attached hydrogen (secondary N) is 1. The second kappa shape index (κ2) is 11.1. The van der Waals surface area contributed by atoms with Crippen molar-refractivity contribution in [3.8, 4) is 11.5 Å². The molecule has 2 aromatic rings. The molecule has 3 nitrogen and oxygen atoms in total. The fourth-order valence-corrected chi connectivity index (χ4v) is 4.26. The summed E-state index contributed by atoms with van der Waals surface area (Å²) in [6.07, 6.45) is 9.02. The number of methoxy groups -OCH3 is 1. The molecule has 0 amide bonds. The highest BCUT2D eigenvalue weighted by Gasteiger charge is 2.16. The maximum Gasteiger partial charge on any atom is 0.180 e. The van der Waals surface area contributed by atoms with Crippen LogP contribution in [0.2, 0.25) is 10.0 Å². The molecule has 0 bridgehead atoms. The smallest absolute Gasteiger partial charge is 0.180 e. The Morgan fingerprint density at radius 3 is 2.45 bits per heavy atom. The predicted molar refractivity (Wildman–Crippen MR) is 117 cm³/mol. The van der Waals surface area contributed by atoms with Crippen LogP contribution >= 0.6 is 23.2 Å². The molecular weight excluding hydrogens is 412 g/mol. The van der Waals surface area contributed by atoms with Gasteiger partial charge in [0.05, 0.1) is 17.2 Å². The van der Waals surface area contributed by atoms with Gasteiger partial charge in [0.1, 0.15) is 12.4 Å². The zero-order valence-corrected chi connectivity index (χ0v) is 18.3. The molecule has 158 valence electrons. The lowest BCUT2D eigenvalue weighted by Gasteiger charge is -2.21. The molecule has 1 saturated carbocycles. The normalized spacial score (nSPS) is 15.6. The SMILES string of the molecule is COc1cc(CNC2CCCCCCC2)cc(Cl)c1OCc1c(F)cccc1Cl. The second-order valence-electron chi connectivity index (χ2n) is 7.52. The van der Waals surface area contributed by atoms with Crippen molar-refractivity contribution >= 4 is 23.2 Å². The first kappa shape index (κ1) is 22.2. The van der Waals surface area contributed by atoms with E-state index in [1.54, 1.807) is 19.2 Å². The predicted octanol–water partition coefficient (Wildman–Crippen LogP) is 6.92. The summed E-state index contributed by atoms with van der Waals surface area (Å²) in [7, 11) is 1.57. The zero-order chi connectivity index (χ0) is 20.6. The van der Waals surface area contributed by atoms with Crippen molar-refractivity contribution in [1.82, 2.24) is 5.32 Å². The highest BCUT2D eigenvalue weighted by Crippen LogP contribution is 2.37. The molecule has 1 aliphatic rings. The standard InChI is InChI=1S/C23H28Cl2FNO2/c1-28-22-13-16(14-27-17-8-5-3-2-4-6-9-17)12-20(25)23(22)29-15-18-19(24)10-7-11-21(18)26/h7,10-13,17,27H,2-6,8-9,14-15H2,1H3. The summed E-state index contributed by atoms with van der Waals surface area (Å²) in [5.74, 6) is 0.509. The maximum atomic E-state index is 14.0. The first-order valence-electron chi connectivity index (χ1n) is 10.2. The van der Waals surface area contributed by atoms with Crippen LogP contribution in [-0.2, 0) is 13.2 Å². The molecule has 6 heteroatoms. The van der Waals surface area contributed by atoms with E-state index >= 15 is 0 Å². The summed E-state index contributed by atoms with van der Waals surface area (Å²) in [5.41, 5.74) is 1.33. The molecule has 0 heterocycles. The Kier molecular flexibility index (Phi) is 8.46. The Hall–Kier alpha value is -1.49. The molecule has 1 aliphatic carbocycles. The first-order chi connectivity index (χ1) is 14.1. The van der Waals surface area contributed by atoms with Crippen LogP contribution in [0.3, 0.4) is 0 Å². The van der Waals surface area contributed by atoms with E-state index in [2.05, 4.69) is 5.32 Å². The van der Waals surface area contributed by atoms with Crippen LogP contribution in [-0.4, -0.2) is 13.2 Å². The minimum Gasteiger partial charge on any atom is -0.493 e. The van der Waals surface area contributed by atoms with Crippen LogP contribution in [0.1, 0.15) is 56.1 Å². The van der Waals surface area contributed by atoms with Gasteiger partial charge < -0.3 is 14.8 Å². The van der Waals surface area contributed by atoms with Gasteiger partial charge in [-0.25, -0.2) is 4.39 Å². The van der Waals surface area contributed by atoms with Crippen LogP contribution in [0.25, 0.3) is 0 Å². The lowest BCUT2D eigenvalue weighted by Crippen LogP contribution is -2.29. The molecule has 0 aliphatic heterocycles. The van der Waals surface area contributed by atoms with Crippen molar-refractivity contribution in [2.45, 2.75) is 64.1 Å². The van der Waals surface area contributed by atoms with E-state index in [0.717, 1.165) is 12.1 Å². The zero-order valence-electron chi connectivity index (χ0n) is 16.8. The fourth-order valence-electron chi connectivity index (χ4n) is 3.75.